The Kier molecular flexibility index (Phi) is 4.13. The second-order valence-corrected chi connectivity index (χ2v) is 7.83. The van der Waals surface area contributed by atoms with Crippen LogP contribution in [-0.4, -0.2) is 23.2 Å². The van der Waals surface area contributed by atoms with Crippen molar-refractivity contribution in [1.29, 1.82) is 0 Å². The average molecular weight is 369 g/mol. The number of halogens is 1. The van der Waals surface area contributed by atoms with Gasteiger partial charge in [0.1, 0.15) is 0 Å². The third-order valence-corrected chi connectivity index (χ3v) is 5.91. The van der Waals surface area contributed by atoms with Crippen LogP contribution >= 0.6 is 22.9 Å². The van der Waals surface area contributed by atoms with Gasteiger partial charge in [0.05, 0.1) is 4.90 Å². The van der Waals surface area contributed by atoms with Crippen LogP contribution in [-0.2, 0) is 10.0 Å². The zero-order valence-corrected chi connectivity index (χ0v) is 14.7. The van der Waals surface area contributed by atoms with E-state index in [0.717, 1.165) is 0 Å². The molecule has 1 aromatic carbocycles. The zero-order valence-electron chi connectivity index (χ0n) is 12.3. The monoisotopic (exact) mass is 368 g/mol. The summed E-state index contributed by atoms with van der Waals surface area (Å²) in [7, 11) is -3.73. The van der Waals surface area contributed by atoms with Crippen molar-refractivity contribution in [3.8, 4) is 5.13 Å². The first kappa shape index (κ1) is 16.0. The Morgan fingerprint density at radius 2 is 2.04 bits per heavy atom. The third-order valence-electron chi connectivity index (χ3n) is 3.18. The molecule has 0 saturated carbocycles. The minimum Gasteiger partial charge on any atom is -0.263 e. The molecule has 0 aliphatic rings. The van der Waals surface area contributed by atoms with Gasteiger partial charge in [0.2, 0.25) is 5.13 Å². The normalized spacial score (nSPS) is 11.6. The Labute approximate surface area is 142 Å². The molecular formula is C14H13ClN4O2S2. The highest BCUT2D eigenvalue weighted by Gasteiger charge is 2.20. The van der Waals surface area contributed by atoms with E-state index in [-0.39, 0.29) is 10.7 Å². The number of benzene rings is 1. The van der Waals surface area contributed by atoms with E-state index in [9.17, 15) is 8.42 Å². The van der Waals surface area contributed by atoms with Crippen molar-refractivity contribution in [2.24, 2.45) is 0 Å². The van der Waals surface area contributed by atoms with Gasteiger partial charge in [-0.2, -0.15) is 5.10 Å². The standard InChI is InChI=1S/C14H13ClN4O2S2/c1-9-7-12(10(2)6-11(9)15)23(20,21)18-13-8-22-14(17-13)19-5-3-4-16-19/h3-8,18H,1-2H3. The lowest BCUT2D eigenvalue weighted by Gasteiger charge is -2.10. The van der Waals surface area contributed by atoms with Crippen LogP contribution in [0.2, 0.25) is 5.02 Å². The molecule has 0 aliphatic heterocycles. The highest BCUT2D eigenvalue weighted by molar-refractivity contribution is 7.92. The summed E-state index contributed by atoms with van der Waals surface area (Å²) >= 11 is 7.32. The quantitative estimate of drug-likeness (QED) is 0.765. The molecule has 2 heterocycles. The van der Waals surface area contributed by atoms with Crippen LogP contribution in [0.15, 0.2) is 40.9 Å². The second-order valence-electron chi connectivity index (χ2n) is 4.94. The van der Waals surface area contributed by atoms with Crippen molar-refractivity contribution in [2.45, 2.75) is 18.7 Å². The molecule has 0 unspecified atom stereocenters. The van der Waals surface area contributed by atoms with E-state index in [1.165, 1.54) is 11.3 Å². The number of rotatable bonds is 4. The largest absolute Gasteiger partial charge is 0.263 e. The number of sulfonamides is 1. The SMILES string of the molecule is Cc1cc(S(=O)(=O)Nc2csc(-n3cccn3)n2)c(C)cc1Cl. The fourth-order valence-corrected chi connectivity index (χ4v) is 4.33. The number of hydrogen-bond donors (Lipinski definition) is 1. The summed E-state index contributed by atoms with van der Waals surface area (Å²) in [5, 5.41) is 6.81. The summed E-state index contributed by atoms with van der Waals surface area (Å²) in [6.45, 7) is 3.47. The molecule has 3 rings (SSSR count). The molecule has 0 spiro atoms. The van der Waals surface area contributed by atoms with Gasteiger partial charge in [0.25, 0.3) is 10.0 Å². The van der Waals surface area contributed by atoms with Gasteiger partial charge in [-0.25, -0.2) is 18.1 Å². The van der Waals surface area contributed by atoms with Gasteiger partial charge in [-0.3, -0.25) is 4.72 Å². The average Bonchev–Trinajstić information content (AvgIpc) is 3.12. The van der Waals surface area contributed by atoms with Crippen LogP contribution in [0.4, 0.5) is 5.82 Å². The molecule has 1 N–H and O–H groups in total. The third kappa shape index (κ3) is 3.24. The minimum absolute atomic E-state index is 0.188. The first-order valence-corrected chi connectivity index (χ1v) is 9.36. The van der Waals surface area contributed by atoms with Crippen LogP contribution in [0.25, 0.3) is 5.13 Å². The fourth-order valence-electron chi connectivity index (χ4n) is 2.03. The molecule has 0 saturated heterocycles. The van der Waals surface area contributed by atoms with Gasteiger partial charge < -0.3 is 0 Å². The summed E-state index contributed by atoms with van der Waals surface area (Å²) in [6.07, 6.45) is 3.37. The van der Waals surface area contributed by atoms with Crippen LogP contribution in [0.1, 0.15) is 11.1 Å². The maximum Gasteiger partial charge on any atom is 0.263 e. The van der Waals surface area contributed by atoms with Crippen molar-refractivity contribution in [3.63, 3.8) is 0 Å². The summed E-state index contributed by atoms with van der Waals surface area (Å²) in [5.41, 5.74) is 1.28. The molecule has 3 aromatic rings. The Hall–Kier alpha value is -1.90. The van der Waals surface area contributed by atoms with Gasteiger partial charge in [-0.15, -0.1) is 11.3 Å². The number of hydrogen-bond acceptors (Lipinski definition) is 5. The molecule has 0 radical (unpaired) electrons. The van der Waals surface area contributed by atoms with Crippen molar-refractivity contribution < 1.29 is 8.42 Å². The fraction of sp³-hybridized carbons (Fsp3) is 0.143. The van der Waals surface area contributed by atoms with E-state index in [0.29, 0.717) is 21.3 Å². The Morgan fingerprint density at radius 1 is 1.26 bits per heavy atom. The lowest BCUT2D eigenvalue weighted by Crippen LogP contribution is -2.15. The first-order chi connectivity index (χ1) is 10.9. The smallest absolute Gasteiger partial charge is 0.263 e. The van der Waals surface area contributed by atoms with E-state index in [2.05, 4.69) is 14.8 Å². The molecule has 0 amide bonds. The number of nitrogens with zero attached hydrogens (tertiary/aromatic N) is 3. The van der Waals surface area contributed by atoms with E-state index >= 15 is 0 Å². The van der Waals surface area contributed by atoms with E-state index in [1.54, 1.807) is 54.5 Å². The number of anilines is 1. The summed E-state index contributed by atoms with van der Waals surface area (Å²) in [6, 6.07) is 4.97. The molecule has 2 aromatic heterocycles. The molecular weight excluding hydrogens is 356 g/mol. The highest BCUT2D eigenvalue weighted by Crippen LogP contribution is 2.26. The number of aromatic nitrogens is 3. The lowest BCUT2D eigenvalue weighted by atomic mass is 10.2. The van der Waals surface area contributed by atoms with Gasteiger partial charge in [-0.1, -0.05) is 11.6 Å². The molecule has 120 valence electrons. The molecule has 0 aliphatic carbocycles. The summed E-state index contributed by atoms with van der Waals surface area (Å²) in [4.78, 5) is 4.42. The predicted molar refractivity (Wildman–Crippen MR) is 91.0 cm³/mol. The molecule has 23 heavy (non-hydrogen) atoms. The van der Waals surface area contributed by atoms with E-state index in [1.807, 2.05) is 0 Å². The molecule has 0 fully saturated rings. The van der Waals surface area contributed by atoms with Gasteiger partial charge >= 0.3 is 0 Å². The van der Waals surface area contributed by atoms with Crippen molar-refractivity contribution in [2.75, 3.05) is 4.72 Å². The molecule has 0 atom stereocenters. The molecule has 9 heteroatoms. The zero-order chi connectivity index (χ0) is 16.6. The number of aryl methyl sites for hydroxylation is 2. The van der Waals surface area contributed by atoms with Crippen molar-refractivity contribution >= 4 is 38.8 Å². The molecule has 0 bridgehead atoms. The first-order valence-electron chi connectivity index (χ1n) is 6.62. The van der Waals surface area contributed by atoms with Crippen LogP contribution in [0.3, 0.4) is 0 Å². The maximum absolute atomic E-state index is 12.6. The number of thiazole rings is 1. The van der Waals surface area contributed by atoms with Crippen LogP contribution in [0.5, 0.6) is 0 Å². The topological polar surface area (TPSA) is 76.9 Å². The Morgan fingerprint density at radius 3 is 2.74 bits per heavy atom. The minimum atomic E-state index is -3.73. The Balaban J connectivity index is 1.92. The lowest BCUT2D eigenvalue weighted by molar-refractivity contribution is 0.600. The number of nitrogens with one attached hydrogen (secondary N) is 1. The summed E-state index contributed by atoms with van der Waals surface area (Å²) in [5.74, 6) is 0.257. The summed E-state index contributed by atoms with van der Waals surface area (Å²) < 4.78 is 29.2. The van der Waals surface area contributed by atoms with Crippen molar-refractivity contribution in [3.05, 3.63) is 52.1 Å². The predicted octanol–water partition coefficient (Wildman–Crippen LogP) is 3.40. The van der Waals surface area contributed by atoms with Crippen LogP contribution < -0.4 is 4.72 Å². The van der Waals surface area contributed by atoms with E-state index < -0.39 is 10.0 Å². The van der Waals surface area contributed by atoms with Crippen LogP contribution in [0, 0.1) is 13.8 Å². The Bertz CT molecular complexity index is 949. The van der Waals surface area contributed by atoms with Gasteiger partial charge in [0, 0.05) is 22.8 Å². The van der Waals surface area contributed by atoms with Gasteiger partial charge in [-0.05, 0) is 43.2 Å². The van der Waals surface area contributed by atoms with Crippen molar-refractivity contribution in [1.82, 2.24) is 14.8 Å². The second kappa shape index (κ2) is 5.95. The van der Waals surface area contributed by atoms with E-state index in [4.69, 9.17) is 11.6 Å². The molecule has 6 nitrogen and oxygen atoms in total. The highest BCUT2D eigenvalue weighted by atomic mass is 35.5. The maximum atomic E-state index is 12.6. The van der Waals surface area contributed by atoms with Gasteiger partial charge in [0.15, 0.2) is 5.82 Å².